The van der Waals surface area contributed by atoms with Crippen molar-refractivity contribution >= 4 is 0 Å². The highest BCUT2D eigenvalue weighted by Crippen LogP contribution is 2.50. The molecule has 7 heteroatoms. The van der Waals surface area contributed by atoms with Crippen molar-refractivity contribution in [3.63, 3.8) is 0 Å². The van der Waals surface area contributed by atoms with Gasteiger partial charge in [0.2, 0.25) is 5.89 Å². The van der Waals surface area contributed by atoms with Crippen molar-refractivity contribution in [2.24, 2.45) is 5.92 Å². The van der Waals surface area contributed by atoms with Crippen molar-refractivity contribution in [1.82, 2.24) is 9.88 Å². The lowest BCUT2D eigenvalue weighted by Crippen LogP contribution is -2.33. The number of β-amino-alcohol motifs (C(OH)–C–C–N with tert-alkyl or cyclic N) is 1. The Bertz CT molecular complexity index is 1210. The lowest BCUT2D eigenvalue weighted by molar-refractivity contribution is 0.00648. The molecule has 7 nitrogen and oxygen atoms in total. The van der Waals surface area contributed by atoms with Crippen molar-refractivity contribution in [2.75, 3.05) is 13.2 Å². The third-order valence-corrected chi connectivity index (χ3v) is 6.54. The molecule has 1 fully saturated rings. The van der Waals surface area contributed by atoms with Gasteiger partial charge in [-0.1, -0.05) is 18.2 Å². The molecular weight excluding hydrogens is 418 g/mol. The van der Waals surface area contributed by atoms with Crippen LogP contribution in [0, 0.1) is 17.2 Å². The Kier molecular flexibility index (Phi) is 5.67. The van der Waals surface area contributed by atoms with E-state index in [0.29, 0.717) is 41.8 Å². The first-order chi connectivity index (χ1) is 16.0. The van der Waals surface area contributed by atoms with E-state index in [1.165, 1.54) is 11.1 Å². The first-order valence-electron chi connectivity index (χ1n) is 11.3. The molecule has 0 saturated carbocycles. The number of nitrogens with zero attached hydrogens (tertiary/aromatic N) is 3. The van der Waals surface area contributed by atoms with E-state index in [9.17, 15) is 15.5 Å². The van der Waals surface area contributed by atoms with Crippen molar-refractivity contribution < 1.29 is 19.4 Å². The number of rotatable bonds is 6. The van der Waals surface area contributed by atoms with Crippen LogP contribution in [-0.4, -0.2) is 45.6 Å². The van der Waals surface area contributed by atoms with Gasteiger partial charge >= 0.3 is 0 Å². The van der Waals surface area contributed by atoms with Crippen LogP contribution >= 0.6 is 0 Å². The van der Waals surface area contributed by atoms with Gasteiger partial charge in [0.05, 0.1) is 24.5 Å². The van der Waals surface area contributed by atoms with Gasteiger partial charge in [0.1, 0.15) is 18.0 Å². The molecule has 0 amide bonds. The van der Waals surface area contributed by atoms with Crippen LogP contribution in [0.25, 0.3) is 22.8 Å². The fraction of sp³-hybridized carbons (Fsp3) is 0.385. The van der Waals surface area contributed by atoms with E-state index in [4.69, 9.17) is 9.15 Å². The predicted molar refractivity (Wildman–Crippen MR) is 122 cm³/mol. The van der Waals surface area contributed by atoms with Gasteiger partial charge in [0, 0.05) is 23.7 Å². The van der Waals surface area contributed by atoms with E-state index in [1.54, 1.807) is 18.3 Å². The minimum absolute atomic E-state index is 0.0203. The van der Waals surface area contributed by atoms with E-state index >= 15 is 0 Å². The molecule has 0 bridgehead atoms. The summed E-state index contributed by atoms with van der Waals surface area (Å²) in [6, 6.07) is 13.8. The van der Waals surface area contributed by atoms with Gasteiger partial charge in [-0.25, -0.2) is 4.98 Å². The highest BCUT2D eigenvalue weighted by atomic mass is 16.5. The predicted octanol–water partition coefficient (Wildman–Crippen LogP) is 3.90. The molecule has 2 N–H and O–H groups in total. The summed E-state index contributed by atoms with van der Waals surface area (Å²) in [4.78, 5) is 6.48. The van der Waals surface area contributed by atoms with Crippen LogP contribution in [-0.2, 0) is 6.42 Å². The number of hydrogen-bond acceptors (Lipinski definition) is 7. The van der Waals surface area contributed by atoms with Gasteiger partial charge in [-0.05, 0) is 61.9 Å². The number of benzene rings is 2. The molecule has 1 aliphatic heterocycles. The zero-order valence-corrected chi connectivity index (χ0v) is 18.7. The smallest absolute Gasteiger partial charge is 0.226 e. The maximum Gasteiger partial charge on any atom is 0.226 e. The molecule has 3 atom stereocenters. The number of aromatic nitrogens is 1. The third-order valence-electron chi connectivity index (χ3n) is 6.54. The summed E-state index contributed by atoms with van der Waals surface area (Å²) >= 11 is 0. The van der Waals surface area contributed by atoms with Crippen molar-refractivity contribution in [2.45, 2.75) is 45.1 Å². The van der Waals surface area contributed by atoms with Gasteiger partial charge in [-0.15, -0.1) is 0 Å². The van der Waals surface area contributed by atoms with Crippen molar-refractivity contribution in [1.29, 1.82) is 5.26 Å². The zero-order valence-electron chi connectivity index (χ0n) is 18.7. The molecular formula is C26H27N3O4. The molecule has 0 spiro atoms. The number of aliphatic hydroxyl groups is 2. The SMILES string of the molecule is CC(C)Oc1ccc(-c2ncc(-c3cccc4c3CC3CC(O)N(CCO)C43)o2)cc1C#N. The maximum absolute atomic E-state index is 10.4. The first-order valence-corrected chi connectivity index (χ1v) is 11.3. The number of nitriles is 1. The molecule has 2 aliphatic rings. The molecule has 33 heavy (non-hydrogen) atoms. The molecule has 3 unspecified atom stereocenters. The fourth-order valence-electron chi connectivity index (χ4n) is 5.26. The Labute approximate surface area is 192 Å². The Balaban J connectivity index is 1.47. The lowest BCUT2D eigenvalue weighted by Gasteiger charge is -2.26. The fourth-order valence-corrected chi connectivity index (χ4v) is 5.26. The molecule has 3 aromatic rings. The number of fused-ring (bicyclic) bond motifs is 3. The molecule has 1 aliphatic carbocycles. The van der Waals surface area contributed by atoms with Crippen molar-refractivity contribution in [3.8, 4) is 34.6 Å². The molecule has 170 valence electrons. The van der Waals surface area contributed by atoms with Crippen LogP contribution in [0.4, 0.5) is 0 Å². The molecule has 5 rings (SSSR count). The van der Waals surface area contributed by atoms with Crippen LogP contribution in [0.15, 0.2) is 47.0 Å². The second-order valence-electron chi connectivity index (χ2n) is 8.98. The summed E-state index contributed by atoms with van der Waals surface area (Å²) in [5.74, 6) is 1.99. The van der Waals surface area contributed by atoms with E-state index in [1.807, 2.05) is 36.9 Å². The number of likely N-dealkylation sites (tertiary alicyclic amines) is 1. The molecule has 2 aromatic carbocycles. The maximum atomic E-state index is 10.4. The molecule has 2 heterocycles. The first kappa shape index (κ1) is 21.7. The van der Waals surface area contributed by atoms with Gasteiger partial charge in [0.15, 0.2) is 5.76 Å². The summed E-state index contributed by atoms with van der Waals surface area (Å²) in [7, 11) is 0. The molecule has 1 aromatic heterocycles. The second-order valence-corrected chi connectivity index (χ2v) is 8.98. The van der Waals surface area contributed by atoms with Gasteiger partial charge in [0.25, 0.3) is 0 Å². The average molecular weight is 446 g/mol. The molecule has 1 saturated heterocycles. The number of aliphatic hydroxyl groups excluding tert-OH is 2. The Morgan fingerprint density at radius 2 is 2.15 bits per heavy atom. The summed E-state index contributed by atoms with van der Waals surface area (Å²) in [5, 5.41) is 29.4. The normalized spacial score (nSPS) is 21.8. The summed E-state index contributed by atoms with van der Waals surface area (Å²) in [6.07, 6.45) is 2.74. The van der Waals surface area contributed by atoms with Gasteiger partial charge in [-0.3, -0.25) is 4.90 Å². The third kappa shape index (κ3) is 3.80. The second kappa shape index (κ2) is 8.64. The lowest BCUT2D eigenvalue weighted by atomic mass is 10.0. The van der Waals surface area contributed by atoms with E-state index in [-0.39, 0.29) is 18.8 Å². The number of ether oxygens (including phenoxy) is 1. The van der Waals surface area contributed by atoms with Gasteiger partial charge in [-0.2, -0.15) is 5.26 Å². The van der Waals surface area contributed by atoms with E-state index in [0.717, 1.165) is 17.5 Å². The summed E-state index contributed by atoms with van der Waals surface area (Å²) in [6.45, 7) is 4.32. The quantitative estimate of drug-likeness (QED) is 0.593. The van der Waals surface area contributed by atoms with Gasteiger partial charge < -0.3 is 19.4 Å². The van der Waals surface area contributed by atoms with Crippen molar-refractivity contribution in [3.05, 3.63) is 59.3 Å². The average Bonchev–Trinajstić information content (AvgIpc) is 3.49. The van der Waals surface area contributed by atoms with Crippen LogP contribution in [0.1, 0.15) is 43.0 Å². The van der Waals surface area contributed by atoms with E-state index < -0.39 is 6.23 Å². The Morgan fingerprint density at radius 3 is 2.91 bits per heavy atom. The summed E-state index contributed by atoms with van der Waals surface area (Å²) < 4.78 is 11.9. The standard InChI is InChI=1S/C26H27N3O4/c1-15(2)32-22-7-6-16(10-18(22)13-27)26-28-14-23(33-26)19-4-3-5-20-21(19)11-17-12-24(31)29(8-9-30)25(17)20/h3-7,10,14-15,17,24-25,30-31H,8-9,11-12H2,1-2H3. The minimum atomic E-state index is -0.516. The Hall–Kier alpha value is -3.18. The highest BCUT2D eigenvalue weighted by Gasteiger charge is 2.46. The Morgan fingerprint density at radius 1 is 1.30 bits per heavy atom. The summed E-state index contributed by atoms with van der Waals surface area (Å²) in [5.41, 5.74) is 4.55. The van der Waals surface area contributed by atoms with Crippen LogP contribution < -0.4 is 4.74 Å². The van der Waals surface area contributed by atoms with Crippen LogP contribution in [0.3, 0.4) is 0 Å². The molecule has 0 radical (unpaired) electrons. The zero-order chi connectivity index (χ0) is 23.1. The number of oxazole rings is 1. The highest BCUT2D eigenvalue weighted by molar-refractivity contribution is 5.68. The largest absolute Gasteiger partial charge is 0.490 e. The van der Waals surface area contributed by atoms with Crippen LogP contribution in [0.2, 0.25) is 0 Å². The number of hydrogen-bond donors (Lipinski definition) is 2. The monoisotopic (exact) mass is 445 g/mol. The topological polar surface area (TPSA) is 103 Å². The van der Waals surface area contributed by atoms with Crippen LogP contribution in [0.5, 0.6) is 5.75 Å². The van der Waals surface area contributed by atoms with E-state index in [2.05, 4.69) is 17.1 Å². The minimum Gasteiger partial charge on any atom is -0.490 e.